The number of piperidine rings is 1. The molecule has 1 aliphatic rings. The van der Waals surface area contributed by atoms with Crippen LogP contribution in [0.4, 0.5) is 4.39 Å². The number of ether oxygens (including phenoxy) is 1. The highest BCUT2D eigenvalue weighted by Gasteiger charge is 2.37. The van der Waals surface area contributed by atoms with Crippen LogP contribution in [0.2, 0.25) is 25.7 Å². The number of carbonyl (C=O) groups excluding carboxylic acids is 3. The van der Waals surface area contributed by atoms with Crippen molar-refractivity contribution in [3.8, 4) is 11.8 Å². The van der Waals surface area contributed by atoms with E-state index in [9.17, 15) is 14.4 Å². The highest BCUT2D eigenvalue weighted by Crippen LogP contribution is 2.31. The molecule has 2 N–H and O–H groups in total. The Morgan fingerprint density at radius 3 is 2.62 bits per heavy atom. The first-order valence-corrected chi connectivity index (χ1v) is 19.6. The molecule has 0 saturated carbocycles. The van der Waals surface area contributed by atoms with E-state index in [1.807, 2.05) is 23.7 Å². The minimum Gasteiger partial charge on any atom is -0.366 e. The molecule has 3 amide bonds. The van der Waals surface area contributed by atoms with Crippen molar-refractivity contribution in [2.24, 2.45) is 5.73 Å². The number of nitrogens with two attached hydrogens (primary N) is 1. The van der Waals surface area contributed by atoms with Crippen molar-refractivity contribution in [1.29, 1.82) is 0 Å². The number of halogens is 1. The summed E-state index contributed by atoms with van der Waals surface area (Å²) in [4.78, 5) is 38.3. The molecule has 10 heteroatoms. The Kier molecular flexibility index (Phi) is 11.7. The normalized spacial score (nSPS) is 15.4. The quantitative estimate of drug-likeness (QED) is 0.0943. The van der Waals surface area contributed by atoms with Crippen molar-refractivity contribution in [3.05, 3.63) is 64.6 Å². The summed E-state index contributed by atoms with van der Waals surface area (Å²) in [5.41, 5.74) is 8.35. The average Bonchev–Trinajstić information content (AvgIpc) is 3.30. The van der Waals surface area contributed by atoms with Gasteiger partial charge in [-0.2, -0.15) is 5.10 Å². The smallest absolute Gasteiger partial charge is 0.248 e. The van der Waals surface area contributed by atoms with Gasteiger partial charge in [-0.25, -0.2) is 4.39 Å². The van der Waals surface area contributed by atoms with Crippen molar-refractivity contribution in [3.63, 3.8) is 0 Å². The number of amides is 3. The van der Waals surface area contributed by atoms with Crippen molar-refractivity contribution in [2.75, 3.05) is 13.3 Å². The van der Waals surface area contributed by atoms with Gasteiger partial charge in [0.15, 0.2) is 0 Å². The minimum atomic E-state index is -1.30. The summed E-state index contributed by atoms with van der Waals surface area (Å²) in [6.45, 7) is 9.85. The van der Waals surface area contributed by atoms with Crippen LogP contribution in [-0.2, 0) is 20.9 Å². The Hall–Kier alpha value is -3.81. The molecule has 2 heterocycles. The molecular weight excluding hydrogens is 587 g/mol. The number of nitrogens with zero attached hydrogens (tertiary/aromatic N) is 3. The number of imide groups is 1. The van der Waals surface area contributed by atoms with Gasteiger partial charge in [0, 0.05) is 50.6 Å². The van der Waals surface area contributed by atoms with Gasteiger partial charge >= 0.3 is 0 Å². The monoisotopic (exact) mass is 632 g/mol. The summed E-state index contributed by atoms with van der Waals surface area (Å²) in [5, 5.41) is 5.66. The lowest BCUT2D eigenvalue weighted by atomic mass is 9.88. The number of benzene rings is 2. The van der Waals surface area contributed by atoms with Crippen LogP contribution in [-0.4, -0.2) is 53.8 Å². The second-order valence-electron chi connectivity index (χ2n) is 13.0. The lowest BCUT2D eigenvalue weighted by Gasteiger charge is -2.31. The first kappa shape index (κ1) is 34.1. The van der Waals surface area contributed by atoms with Crippen LogP contribution in [0.15, 0.2) is 36.4 Å². The van der Waals surface area contributed by atoms with Crippen LogP contribution in [0, 0.1) is 24.6 Å². The number of aromatic nitrogens is 2. The third-order valence-corrected chi connectivity index (χ3v) is 9.95. The van der Waals surface area contributed by atoms with Crippen LogP contribution in [0.25, 0.3) is 10.9 Å². The summed E-state index contributed by atoms with van der Waals surface area (Å²) in [6.07, 6.45) is 6.10. The number of hydrogen-bond acceptors (Lipinski definition) is 5. The van der Waals surface area contributed by atoms with Crippen LogP contribution in [0.5, 0.6) is 0 Å². The molecule has 45 heavy (non-hydrogen) atoms. The van der Waals surface area contributed by atoms with Crippen molar-refractivity contribution in [1.82, 2.24) is 14.7 Å². The largest absolute Gasteiger partial charge is 0.366 e. The average molecular weight is 633 g/mol. The van der Waals surface area contributed by atoms with Gasteiger partial charge in [-0.3, -0.25) is 24.0 Å². The fraction of sp³-hybridized carbons (Fsp3) is 0.486. The molecule has 1 atom stereocenters. The van der Waals surface area contributed by atoms with Gasteiger partial charge in [0.05, 0.1) is 22.7 Å². The maximum atomic E-state index is 15.5. The van der Waals surface area contributed by atoms with E-state index < -0.39 is 31.6 Å². The molecule has 0 bridgehead atoms. The van der Waals surface area contributed by atoms with Gasteiger partial charge in [-0.1, -0.05) is 68.9 Å². The SMILES string of the molecule is Cc1nn(CCCCCCCC#Cc2cccc(C3CCC(=O)N(COCC[Si](C)(C)C)C3=O)c2F)c2cc(C(N)=O)ccc12. The minimum absolute atomic E-state index is 0.0859. The predicted molar refractivity (Wildman–Crippen MR) is 177 cm³/mol. The first-order chi connectivity index (χ1) is 21.5. The molecule has 0 aliphatic carbocycles. The first-order valence-electron chi connectivity index (χ1n) is 15.9. The van der Waals surface area contributed by atoms with Gasteiger partial charge in [-0.15, -0.1) is 0 Å². The number of primary amides is 1. The Morgan fingerprint density at radius 2 is 1.87 bits per heavy atom. The van der Waals surface area contributed by atoms with Gasteiger partial charge in [0.2, 0.25) is 17.7 Å². The summed E-state index contributed by atoms with van der Waals surface area (Å²) >= 11 is 0. The zero-order valence-electron chi connectivity index (χ0n) is 27.0. The third-order valence-electron chi connectivity index (χ3n) is 8.25. The van der Waals surface area contributed by atoms with Gasteiger partial charge in [0.1, 0.15) is 12.5 Å². The molecule has 1 aromatic heterocycles. The lowest BCUT2D eigenvalue weighted by Crippen LogP contribution is -2.45. The number of unbranched alkanes of at least 4 members (excludes halogenated alkanes) is 5. The molecule has 1 aliphatic heterocycles. The van der Waals surface area contributed by atoms with Crippen LogP contribution >= 0.6 is 0 Å². The summed E-state index contributed by atoms with van der Waals surface area (Å²) in [7, 11) is -1.30. The molecule has 3 aromatic rings. The summed E-state index contributed by atoms with van der Waals surface area (Å²) < 4.78 is 23.1. The Morgan fingerprint density at radius 1 is 1.11 bits per heavy atom. The van der Waals surface area contributed by atoms with E-state index in [-0.39, 0.29) is 36.6 Å². The molecule has 1 saturated heterocycles. The third kappa shape index (κ3) is 9.11. The van der Waals surface area contributed by atoms with Crippen molar-refractivity contribution < 1.29 is 23.5 Å². The fourth-order valence-corrected chi connectivity index (χ4v) is 6.29. The maximum Gasteiger partial charge on any atom is 0.248 e. The standard InChI is InChI=1S/C35H45FN4O4Si/c1-25-28-17-16-27(34(37)42)23-31(28)40(38-25)20-11-9-7-5-6-8-10-13-26-14-12-15-29(33(26)36)30-18-19-32(41)39(35(30)43)24-44-21-22-45(2,3)4/h12,14-17,23,30H,5-9,11,18-22,24H2,1-4H3,(H2,37,42). The van der Waals surface area contributed by atoms with Crippen LogP contribution in [0.3, 0.4) is 0 Å². The topological polar surface area (TPSA) is 108 Å². The van der Waals surface area contributed by atoms with Gasteiger partial charge < -0.3 is 10.5 Å². The van der Waals surface area contributed by atoms with E-state index in [4.69, 9.17) is 10.5 Å². The highest BCUT2D eigenvalue weighted by molar-refractivity contribution is 6.76. The molecule has 1 fully saturated rings. The fourth-order valence-electron chi connectivity index (χ4n) is 5.54. The van der Waals surface area contributed by atoms with Crippen LogP contribution in [0.1, 0.15) is 84.5 Å². The molecule has 240 valence electrons. The van der Waals surface area contributed by atoms with E-state index >= 15 is 4.39 Å². The zero-order valence-corrected chi connectivity index (χ0v) is 28.0. The second kappa shape index (κ2) is 15.5. The highest BCUT2D eigenvalue weighted by atomic mass is 28.3. The van der Waals surface area contributed by atoms with E-state index in [1.54, 1.807) is 24.3 Å². The lowest BCUT2D eigenvalue weighted by molar-refractivity contribution is -0.155. The second-order valence-corrected chi connectivity index (χ2v) is 18.7. The van der Waals surface area contributed by atoms with Gasteiger partial charge in [0.25, 0.3) is 0 Å². The van der Waals surface area contributed by atoms with Crippen molar-refractivity contribution in [2.45, 2.75) is 96.4 Å². The van der Waals surface area contributed by atoms with Gasteiger partial charge in [-0.05, 0) is 50.4 Å². The molecule has 1 unspecified atom stereocenters. The van der Waals surface area contributed by atoms with E-state index in [2.05, 4.69) is 36.6 Å². The number of aryl methyl sites for hydroxylation is 2. The molecular formula is C35H45FN4O4Si. The van der Waals surface area contributed by atoms with E-state index in [0.29, 0.717) is 18.6 Å². The van der Waals surface area contributed by atoms with Crippen LogP contribution < -0.4 is 5.73 Å². The molecule has 8 nitrogen and oxygen atoms in total. The molecule has 0 radical (unpaired) electrons. The summed E-state index contributed by atoms with van der Waals surface area (Å²) in [5.74, 6) is 3.71. The predicted octanol–water partition coefficient (Wildman–Crippen LogP) is 6.52. The summed E-state index contributed by atoms with van der Waals surface area (Å²) in [6, 6.07) is 11.4. The number of fused-ring (bicyclic) bond motifs is 1. The number of likely N-dealkylation sites (tertiary alicyclic amines) is 1. The van der Waals surface area contributed by atoms with Crippen molar-refractivity contribution >= 4 is 36.7 Å². The molecule has 0 spiro atoms. The number of hydrogen-bond donors (Lipinski definition) is 1. The van der Waals surface area contributed by atoms with E-state index in [1.165, 1.54) is 0 Å². The number of carbonyl (C=O) groups is 3. The molecule has 2 aromatic carbocycles. The Balaban J connectivity index is 1.23. The number of rotatable bonds is 14. The van der Waals surface area contributed by atoms with E-state index in [0.717, 1.165) is 66.2 Å². The zero-order chi connectivity index (χ0) is 32.6. The maximum absolute atomic E-state index is 15.5. The Bertz CT molecular complexity index is 1600. The molecule has 4 rings (SSSR count). The Labute approximate surface area is 266 Å².